The van der Waals surface area contributed by atoms with E-state index in [9.17, 15) is 13.6 Å². The summed E-state index contributed by atoms with van der Waals surface area (Å²) in [6.07, 6.45) is 2.46. The molecule has 5 heteroatoms. The number of hydrogen-bond donors (Lipinski definition) is 1. The van der Waals surface area contributed by atoms with Crippen molar-refractivity contribution in [1.29, 1.82) is 0 Å². The molecule has 0 saturated heterocycles. The average molecular weight is 274 g/mol. The van der Waals surface area contributed by atoms with Crippen LogP contribution in [0.4, 0.5) is 8.78 Å². The van der Waals surface area contributed by atoms with Crippen molar-refractivity contribution in [3.8, 4) is 0 Å². The van der Waals surface area contributed by atoms with Gasteiger partial charge in [-0.1, -0.05) is 6.07 Å². The highest BCUT2D eigenvalue weighted by atomic mass is 35.5. The number of alkyl halides is 1. The Labute approximate surface area is 109 Å². The largest absolute Gasteiger partial charge is 0.345 e. The molecule has 1 fully saturated rings. The minimum absolute atomic E-state index is 0.245. The second kappa shape index (κ2) is 4.84. The van der Waals surface area contributed by atoms with Gasteiger partial charge in [-0.15, -0.1) is 11.6 Å². The number of amides is 1. The van der Waals surface area contributed by atoms with Gasteiger partial charge in [0.25, 0.3) is 5.91 Å². The zero-order valence-electron chi connectivity index (χ0n) is 10.0. The Morgan fingerprint density at radius 1 is 1.44 bits per heavy atom. The Morgan fingerprint density at radius 2 is 2.11 bits per heavy atom. The van der Waals surface area contributed by atoms with Gasteiger partial charge < -0.3 is 5.32 Å². The van der Waals surface area contributed by atoms with Crippen LogP contribution in [0.3, 0.4) is 0 Å². The standard InChI is InChI=1S/C13H14ClF2NO/c1-8-3-4-9(15)10(11(8)16)12(18)17-13(7-14)5-2-6-13/h3-4H,2,5-7H2,1H3,(H,17,18). The molecule has 1 aliphatic rings. The van der Waals surface area contributed by atoms with Gasteiger partial charge in [0, 0.05) is 5.88 Å². The lowest BCUT2D eigenvalue weighted by molar-refractivity contribution is 0.0845. The molecular weight excluding hydrogens is 260 g/mol. The van der Waals surface area contributed by atoms with Gasteiger partial charge in [-0.05, 0) is 37.8 Å². The molecule has 98 valence electrons. The summed E-state index contributed by atoms with van der Waals surface area (Å²) in [5.41, 5.74) is -0.775. The summed E-state index contributed by atoms with van der Waals surface area (Å²) in [5.74, 6) is -2.13. The van der Waals surface area contributed by atoms with Gasteiger partial charge in [0.05, 0.1) is 5.54 Å². The van der Waals surface area contributed by atoms with Crippen LogP contribution >= 0.6 is 11.6 Å². The maximum Gasteiger partial charge on any atom is 0.257 e. The maximum absolute atomic E-state index is 13.8. The smallest absolute Gasteiger partial charge is 0.257 e. The van der Waals surface area contributed by atoms with Crippen LogP contribution in [-0.4, -0.2) is 17.3 Å². The average Bonchev–Trinajstić information content (AvgIpc) is 2.29. The Morgan fingerprint density at radius 3 is 2.61 bits per heavy atom. The number of carbonyl (C=O) groups excluding carboxylic acids is 1. The Hall–Kier alpha value is -1.16. The van der Waals surface area contributed by atoms with E-state index in [-0.39, 0.29) is 11.4 Å². The summed E-state index contributed by atoms with van der Waals surface area (Å²) in [5, 5.41) is 2.65. The molecular formula is C13H14ClF2NO. The fourth-order valence-corrected chi connectivity index (χ4v) is 2.40. The van der Waals surface area contributed by atoms with Gasteiger partial charge in [-0.2, -0.15) is 0 Å². The molecule has 1 aromatic carbocycles. The molecule has 2 nitrogen and oxygen atoms in total. The first-order valence-electron chi connectivity index (χ1n) is 5.82. The van der Waals surface area contributed by atoms with E-state index in [2.05, 4.69) is 5.32 Å². The summed E-state index contributed by atoms with van der Waals surface area (Å²) in [6, 6.07) is 2.41. The maximum atomic E-state index is 13.8. The highest BCUT2D eigenvalue weighted by Crippen LogP contribution is 2.33. The van der Waals surface area contributed by atoms with E-state index in [1.807, 2.05) is 0 Å². The second-order valence-electron chi connectivity index (χ2n) is 4.77. The minimum Gasteiger partial charge on any atom is -0.345 e. The molecule has 1 N–H and O–H groups in total. The van der Waals surface area contributed by atoms with Crippen LogP contribution in [0.15, 0.2) is 12.1 Å². The first-order chi connectivity index (χ1) is 8.49. The fraction of sp³-hybridized carbons (Fsp3) is 0.462. The van der Waals surface area contributed by atoms with Crippen LogP contribution in [0, 0.1) is 18.6 Å². The van der Waals surface area contributed by atoms with Crippen molar-refractivity contribution in [3.63, 3.8) is 0 Å². The lowest BCUT2D eigenvalue weighted by Gasteiger charge is -2.41. The predicted octanol–water partition coefficient (Wildman–Crippen LogP) is 3.16. The zero-order chi connectivity index (χ0) is 13.3. The monoisotopic (exact) mass is 273 g/mol. The molecule has 1 saturated carbocycles. The van der Waals surface area contributed by atoms with Crippen molar-refractivity contribution in [2.24, 2.45) is 0 Å². The van der Waals surface area contributed by atoms with Crippen molar-refractivity contribution in [2.75, 3.05) is 5.88 Å². The SMILES string of the molecule is Cc1ccc(F)c(C(=O)NC2(CCl)CCC2)c1F. The number of rotatable bonds is 3. The molecule has 1 aliphatic carbocycles. The third-order valence-electron chi connectivity index (χ3n) is 3.46. The van der Waals surface area contributed by atoms with Gasteiger partial charge >= 0.3 is 0 Å². The van der Waals surface area contributed by atoms with Crippen LogP contribution in [0.25, 0.3) is 0 Å². The number of aryl methyl sites for hydroxylation is 1. The van der Waals surface area contributed by atoms with Crippen LogP contribution in [-0.2, 0) is 0 Å². The third kappa shape index (κ3) is 2.21. The molecule has 0 atom stereocenters. The molecule has 0 unspecified atom stereocenters. The summed E-state index contributed by atoms with van der Waals surface area (Å²) >= 11 is 5.80. The van der Waals surface area contributed by atoms with Crippen molar-refractivity contribution >= 4 is 17.5 Å². The molecule has 1 aromatic rings. The number of halogens is 3. The van der Waals surface area contributed by atoms with Gasteiger partial charge in [0.15, 0.2) is 0 Å². The van der Waals surface area contributed by atoms with Crippen molar-refractivity contribution < 1.29 is 13.6 Å². The molecule has 0 aromatic heterocycles. The van der Waals surface area contributed by atoms with E-state index >= 15 is 0 Å². The van der Waals surface area contributed by atoms with Crippen LogP contribution < -0.4 is 5.32 Å². The predicted molar refractivity (Wildman–Crippen MR) is 65.9 cm³/mol. The van der Waals surface area contributed by atoms with E-state index in [1.54, 1.807) is 0 Å². The first kappa shape index (κ1) is 13.3. The summed E-state index contributed by atoms with van der Waals surface area (Å²) in [4.78, 5) is 12.0. The number of hydrogen-bond acceptors (Lipinski definition) is 1. The highest BCUT2D eigenvalue weighted by molar-refractivity contribution is 6.19. The van der Waals surface area contributed by atoms with Gasteiger partial charge in [-0.25, -0.2) is 8.78 Å². The van der Waals surface area contributed by atoms with Gasteiger partial charge in [-0.3, -0.25) is 4.79 Å². The Bertz CT molecular complexity index is 481. The Kier molecular flexibility index (Phi) is 3.57. The third-order valence-corrected chi connectivity index (χ3v) is 3.97. The van der Waals surface area contributed by atoms with Crippen molar-refractivity contribution in [3.05, 3.63) is 34.9 Å². The number of carbonyl (C=O) groups is 1. The summed E-state index contributed by atoms with van der Waals surface area (Å²) in [7, 11) is 0. The normalized spacial score (nSPS) is 17.1. The summed E-state index contributed by atoms with van der Waals surface area (Å²) in [6.45, 7) is 1.49. The lowest BCUT2D eigenvalue weighted by Crippen LogP contribution is -2.55. The molecule has 0 aliphatic heterocycles. The lowest BCUT2D eigenvalue weighted by atomic mass is 9.78. The van der Waals surface area contributed by atoms with E-state index in [4.69, 9.17) is 11.6 Å². The number of nitrogens with one attached hydrogen (secondary N) is 1. The second-order valence-corrected chi connectivity index (χ2v) is 5.04. The zero-order valence-corrected chi connectivity index (χ0v) is 10.8. The van der Waals surface area contributed by atoms with Crippen LogP contribution in [0.1, 0.15) is 35.2 Å². The molecule has 0 spiro atoms. The highest BCUT2D eigenvalue weighted by Gasteiger charge is 2.38. The van der Waals surface area contributed by atoms with E-state index in [1.165, 1.54) is 13.0 Å². The molecule has 0 heterocycles. The van der Waals surface area contributed by atoms with E-state index < -0.39 is 28.6 Å². The number of benzene rings is 1. The summed E-state index contributed by atoms with van der Waals surface area (Å²) < 4.78 is 27.3. The molecule has 0 radical (unpaired) electrons. The van der Waals surface area contributed by atoms with Crippen molar-refractivity contribution in [2.45, 2.75) is 31.7 Å². The molecule has 2 rings (SSSR count). The van der Waals surface area contributed by atoms with Crippen LogP contribution in [0.5, 0.6) is 0 Å². The van der Waals surface area contributed by atoms with Gasteiger partial charge in [0.2, 0.25) is 0 Å². The Balaban J connectivity index is 2.26. The van der Waals surface area contributed by atoms with Gasteiger partial charge in [0.1, 0.15) is 17.2 Å². The van der Waals surface area contributed by atoms with Crippen molar-refractivity contribution in [1.82, 2.24) is 5.32 Å². The topological polar surface area (TPSA) is 29.1 Å². The first-order valence-corrected chi connectivity index (χ1v) is 6.36. The quantitative estimate of drug-likeness (QED) is 0.842. The van der Waals surface area contributed by atoms with E-state index in [0.29, 0.717) is 0 Å². The van der Waals surface area contributed by atoms with E-state index in [0.717, 1.165) is 25.3 Å². The van der Waals surface area contributed by atoms with Crippen LogP contribution in [0.2, 0.25) is 0 Å². The minimum atomic E-state index is -0.848. The molecule has 1 amide bonds. The molecule has 0 bridgehead atoms. The molecule has 18 heavy (non-hydrogen) atoms. The fourth-order valence-electron chi connectivity index (χ4n) is 2.06.